The van der Waals surface area contributed by atoms with Crippen molar-refractivity contribution in [3.63, 3.8) is 0 Å². The third-order valence-corrected chi connectivity index (χ3v) is 9.51. The topological polar surface area (TPSA) is 104 Å². The first-order valence-corrected chi connectivity index (χ1v) is 13.5. The predicted molar refractivity (Wildman–Crippen MR) is 123 cm³/mol. The van der Waals surface area contributed by atoms with Gasteiger partial charge in [0, 0.05) is 31.9 Å². The Kier molecular flexibility index (Phi) is 7.71. The van der Waals surface area contributed by atoms with Gasteiger partial charge in [-0.25, -0.2) is 16.8 Å². The van der Waals surface area contributed by atoms with Gasteiger partial charge in [0.25, 0.3) is 0 Å². The fourth-order valence-corrected chi connectivity index (χ4v) is 6.86. The van der Waals surface area contributed by atoms with E-state index in [4.69, 9.17) is 0 Å². The van der Waals surface area contributed by atoms with Crippen LogP contribution in [0.2, 0.25) is 0 Å². The standard InChI is InChI=1S/C22H29N3O5S2/c1-3-24(4-2)32(29,30)21-14-8-11-19(16-21)23-22(26)18-10-9-15-25(17-18)31(27,28)20-12-6-5-7-13-20/h5-8,11-14,16,18H,3-4,9-10,15,17H2,1-2H3,(H,23,26)/t18-/m1/s1. The Morgan fingerprint density at radius 3 is 2.31 bits per heavy atom. The van der Waals surface area contributed by atoms with Crippen LogP contribution in [0.15, 0.2) is 64.4 Å². The maximum absolute atomic E-state index is 12.9. The number of hydrogen-bond donors (Lipinski definition) is 1. The normalized spacial score (nSPS) is 17.9. The Hall–Kier alpha value is -2.27. The van der Waals surface area contributed by atoms with E-state index in [-0.39, 0.29) is 22.2 Å². The summed E-state index contributed by atoms with van der Waals surface area (Å²) in [6.07, 6.45) is 1.13. The van der Waals surface area contributed by atoms with E-state index in [0.717, 1.165) is 0 Å². The molecule has 1 aliphatic heterocycles. The zero-order valence-corrected chi connectivity index (χ0v) is 19.9. The Labute approximate surface area is 190 Å². The Morgan fingerprint density at radius 2 is 1.66 bits per heavy atom. The van der Waals surface area contributed by atoms with Gasteiger partial charge in [0.05, 0.1) is 15.7 Å². The fourth-order valence-electron chi connectivity index (χ4n) is 3.81. The molecule has 0 bridgehead atoms. The number of rotatable bonds is 8. The Bertz CT molecular complexity index is 1150. The molecule has 1 amide bonds. The van der Waals surface area contributed by atoms with Crippen LogP contribution in [0.3, 0.4) is 0 Å². The van der Waals surface area contributed by atoms with E-state index in [9.17, 15) is 21.6 Å². The van der Waals surface area contributed by atoms with Gasteiger partial charge in [-0.1, -0.05) is 38.1 Å². The van der Waals surface area contributed by atoms with Gasteiger partial charge in [-0.15, -0.1) is 0 Å². The number of hydrogen-bond acceptors (Lipinski definition) is 5. The zero-order valence-electron chi connectivity index (χ0n) is 18.3. The molecule has 32 heavy (non-hydrogen) atoms. The smallest absolute Gasteiger partial charge is 0.243 e. The van der Waals surface area contributed by atoms with Crippen molar-refractivity contribution in [2.45, 2.75) is 36.5 Å². The highest BCUT2D eigenvalue weighted by atomic mass is 32.2. The molecular weight excluding hydrogens is 450 g/mol. The van der Waals surface area contributed by atoms with Gasteiger partial charge >= 0.3 is 0 Å². The molecule has 10 heteroatoms. The number of anilines is 1. The number of benzene rings is 2. The quantitative estimate of drug-likeness (QED) is 0.627. The highest BCUT2D eigenvalue weighted by Gasteiger charge is 2.33. The van der Waals surface area contributed by atoms with Gasteiger partial charge in [-0.2, -0.15) is 8.61 Å². The number of sulfonamides is 2. The number of carbonyl (C=O) groups excluding carboxylic acids is 1. The lowest BCUT2D eigenvalue weighted by Gasteiger charge is -2.31. The van der Waals surface area contributed by atoms with Crippen molar-refractivity contribution in [3.8, 4) is 0 Å². The fraction of sp³-hybridized carbons (Fsp3) is 0.409. The van der Waals surface area contributed by atoms with Gasteiger partial charge in [-0.3, -0.25) is 4.79 Å². The van der Waals surface area contributed by atoms with Crippen LogP contribution in [0.1, 0.15) is 26.7 Å². The largest absolute Gasteiger partial charge is 0.326 e. The monoisotopic (exact) mass is 479 g/mol. The minimum absolute atomic E-state index is 0.0838. The van der Waals surface area contributed by atoms with Crippen molar-refractivity contribution < 1.29 is 21.6 Å². The summed E-state index contributed by atoms with van der Waals surface area (Å²) >= 11 is 0. The Balaban J connectivity index is 1.74. The molecule has 0 radical (unpaired) electrons. The maximum Gasteiger partial charge on any atom is 0.243 e. The maximum atomic E-state index is 12.9. The van der Waals surface area contributed by atoms with Crippen LogP contribution in [0.4, 0.5) is 5.69 Å². The van der Waals surface area contributed by atoms with Gasteiger partial charge in [0.2, 0.25) is 26.0 Å². The average molecular weight is 480 g/mol. The summed E-state index contributed by atoms with van der Waals surface area (Å²) in [5.41, 5.74) is 0.367. The molecule has 3 rings (SSSR count). The molecule has 0 unspecified atom stereocenters. The summed E-state index contributed by atoms with van der Waals surface area (Å²) in [5.74, 6) is -0.847. The lowest BCUT2D eigenvalue weighted by atomic mass is 9.99. The molecule has 1 N–H and O–H groups in total. The lowest BCUT2D eigenvalue weighted by molar-refractivity contribution is -0.120. The van der Waals surface area contributed by atoms with Crippen LogP contribution < -0.4 is 5.32 Å². The molecular formula is C22H29N3O5S2. The van der Waals surface area contributed by atoms with Crippen LogP contribution in [0.25, 0.3) is 0 Å². The first-order chi connectivity index (χ1) is 15.2. The van der Waals surface area contributed by atoms with Gasteiger partial charge in [-0.05, 0) is 43.2 Å². The first kappa shape index (κ1) is 24.4. The summed E-state index contributed by atoms with van der Waals surface area (Å²) in [4.78, 5) is 13.2. The molecule has 1 heterocycles. The minimum Gasteiger partial charge on any atom is -0.326 e. The van der Waals surface area contributed by atoms with Crippen LogP contribution in [-0.4, -0.2) is 57.5 Å². The van der Waals surface area contributed by atoms with E-state index in [1.807, 2.05) is 0 Å². The highest BCUT2D eigenvalue weighted by Crippen LogP contribution is 2.25. The average Bonchev–Trinajstić information content (AvgIpc) is 2.80. The second-order valence-electron chi connectivity index (χ2n) is 7.62. The number of carbonyl (C=O) groups is 1. The van der Waals surface area contributed by atoms with Crippen LogP contribution in [-0.2, 0) is 24.8 Å². The van der Waals surface area contributed by atoms with Crippen molar-refractivity contribution in [2.24, 2.45) is 5.92 Å². The number of amides is 1. The van der Waals surface area contributed by atoms with E-state index in [2.05, 4.69) is 5.32 Å². The zero-order chi connectivity index (χ0) is 23.4. The van der Waals surface area contributed by atoms with Gasteiger partial charge in [0.15, 0.2) is 0 Å². The summed E-state index contributed by atoms with van der Waals surface area (Å²) in [6, 6.07) is 14.3. The van der Waals surface area contributed by atoms with E-state index >= 15 is 0 Å². The van der Waals surface area contributed by atoms with E-state index < -0.39 is 26.0 Å². The van der Waals surface area contributed by atoms with Gasteiger partial charge in [0.1, 0.15) is 0 Å². The van der Waals surface area contributed by atoms with Crippen molar-refractivity contribution >= 4 is 31.6 Å². The Morgan fingerprint density at radius 1 is 1.00 bits per heavy atom. The SMILES string of the molecule is CCN(CC)S(=O)(=O)c1cccc(NC(=O)[C@@H]2CCCN(S(=O)(=O)c3ccccc3)C2)c1. The predicted octanol–water partition coefficient (Wildman–Crippen LogP) is 2.76. The molecule has 0 aromatic heterocycles. The van der Waals surface area contributed by atoms with Crippen LogP contribution in [0, 0.1) is 5.92 Å². The van der Waals surface area contributed by atoms with Crippen molar-refractivity contribution in [3.05, 3.63) is 54.6 Å². The van der Waals surface area contributed by atoms with Crippen LogP contribution in [0.5, 0.6) is 0 Å². The van der Waals surface area contributed by atoms with Gasteiger partial charge < -0.3 is 5.32 Å². The molecule has 0 spiro atoms. The van der Waals surface area contributed by atoms with Crippen molar-refractivity contribution in [1.29, 1.82) is 0 Å². The molecule has 174 valence electrons. The van der Waals surface area contributed by atoms with E-state index in [1.54, 1.807) is 56.3 Å². The minimum atomic E-state index is -3.67. The lowest BCUT2D eigenvalue weighted by Crippen LogP contribution is -2.43. The second-order valence-corrected chi connectivity index (χ2v) is 11.5. The molecule has 2 aromatic rings. The molecule has 0 aliphatic carbocycles. The third kappa shape index (κ3) is 5.20. The van der Waals surface area contributed by atoms with Crippen molar-refractivity contribution in [2.75, 3.05) is 31.5 Å². The molecule has 2 aromatic carbocycles. The first-order valence-electron chi connectivity index (χ1n) is 10.7. The molecule has 8 nitrogen and oxygen atoms in total. The number of nitrogens with one attached hydrogen (secondary N) is 1. The molecule has 1 atom stereocenters. The summed E-state index contributed by atoms with van der Waals surface area (Å²) in [5, 5.41) is 2.77. The second kappa shape index (κ2) is 10.1. The van der Waals surface area contributed by atoms with E-state index in [1.165, 1.54) is 20.7 Å². The number of piperidine rings is 1. The third-order valence-electron chi connectivity index (χ3n) is 5.58. The van der Waals surface area contributed by atoms with E-state index in [0.29, 0.717) is 38.2 Å². The number of nitrogens with zero attached hydrogens (tertiary/aromatic N) is 2. The molecule has 0 saturated carbocycles. The summed E-state index contributed by atoms with van der Waals surface area (Å²) in [7, 11) is -7.32. The molecule has 1 aliphatic rings. The van der Waals surface area contributed by atoms with Crippen LogP contribution >= 0.6 is 0 Å². The summed E-state index contributed by atoms with van der Waals surface area (Å²) < 4.78 is 54.0. The highest BCUT2D eigenvalue weighted by molar-refractivity contribution is 7.89. The summed E-state index contributed by atoms with van der Waals surface area (Å²) in [6.45, 7) is 4.68. The molecule has 1 saturated heterocycles. The molecule has 1 fully saturated rings. The van der Waals surface area contributed by atoms with Crippen molar-refractivity contribution in [1.82, 2.24) is 8.61 Å².